The van der Waals surface area contributed by atoms with Crippen LogP contribution in [0.3, 0.4) is 0 Å². The van der Waals surface area contributed by atoms with Crippen molar-refractivity contribution in [3.8, 4) is 0 Å². The molecule has 2 heterocycles. The van der Waals surface area contributed by atoms with Crippen molar-refractivity contribution < 1.29 is 40.3 Å². The van der Waals surface area contributed by atoms with E-state index in [2.05, 4.69) is 10.6 Å². The van der Waals surface area contributed by atoms with Gasteiger partial charge in [0.1, 0.15) is 11.6 Å². The molecule has 0 unspecified atom stereocenters. The summed E-state index contributed by atoms with van der Waals surface area (Å²) in [5.74, 6) is -4.06. The highest BCUT2D eigenvalue weighted by Crippen LogP contribution is 2.43. The summed E-state index contributed by atoms with van der Waals surface area (Å²) in [7, 11) is 1.35. The number of hydrogen-bond donors (Lipinski definition) is 3. The molecule has 4 aromatic rings. The van der Waals surface area contributed by atoms with Gasteiger partial charge < -0.3 is 19.8 Å². The highest BCUT2D eigenvalue weighted by Gasteiger charge is 2.38. The van der Waals surface area contributed by atoms with Crippen molar-refractivity contribution in [1.82, 2.24) is 14.5 Å². The Morgan fingerprint density at radius 1 is 1.12 bits per heavy atom. The van der Waals surface area contributed by atoms with E-state index in [-0.39, 0.29) is 44.5 Å². The maximum Gasteiger partial charge on any atom is 0.416 e. The molecule has 7 nitrogen and oxygen atoms in total. The summed E-state index contributed by atoms with van der Waals surface area (Å²) in [6.45, 7) is -0.956. The Morgan fingerprint density at radius 3 is 2.49 bits per heavy atom. The summed E-state index contributed by atoms with van der Waals surface area (Å²) in [6, 6.07) is 4.46. The standard InChI is InChI=1S/C26H17ClF7N5O2/c1-38-22-17(39(25(38)35)9-18(30)31)8-16(36-23(40)10-4-11(26(32,33)34)6-13(29)5-10)19-20(22)24(41)37-21(19)14-7-12(28)2-3-15(14)27/h2-8,18,21,35H,9H2,1H3,(H,36,40)(H,37,41)/t21-/m1/s1. The molecule has 2 amide bonds. The third-order valence-electron chi connectivity index (χ3n) is 6.64. The molecule has 214 valence electrons. The minimum Gasteiger partial charge on any atom is -0.341 e. The number of aryl methyl sites for hydroxylation is 1. The van der Waals surface area contributed by atoms with Crippen LogP contribution in [0, 0.1) is 17.0 Å². The molecule has 41 heavy (non-hydrogen) atoms. The summed E-state index contributed by atoms with van der Waals surface area (Å²) in [5, 5.41) is 13.3. The molecule has 3 N–H and O–H groups in total. The first-order valence-corrected chi connectivity index (χ1v) is 12.1. The smallest absolute Gasteiger partial charge is 0.341 e. The summed E-state index contributed by atoms with van der Waals surface area (Å²) in [4.78, 5) is 26.5. The maximum absolute atomic E-state index is 14.2. The van der Waals surface area contributed by atoms with E-state index in [9.17, 15) is 40.3 Å². The van der Waals surface area contributed by atoms with Crippen molar-refractivity contribution in [2.75, 3.05) is 5.32 Å². The fourth-order valence-electron chi connectivity index (χ4n) is 4.90. The van der Waals surface area contributed by atoms with Crippen LogP contribution in [0.5, 0.6) is 0 Å². The molecule has 15 heteroatoms. The first kappa shape index (κ1) is 28.2. The molecule has 3 aromatic carbocycles. The first-order chi connectivity index (χ1) is 19.2. The molecule has 0 aliphatic carbocycles. The van der Waals surface area contributed by atoms with E-state index in [1.807, 2.05) is 0 Å². The second-order valence-electron chi connectivity index (χ2n) is 9.22. The van der Waals surface area contributed by atoms with Crippen molar-refractivity contribution in [1.29, 1.82) is 5.41 Å². The van der Waals surface area contributed by atoms with E-state index in [0.717, 1.165) is 22.8 Å². The lowest BCUT2D eigenvalue weighted by Crippen LogP contribution is -2.25. The minimum absolute atomic E-state index is 0.0133. The SMILES string of the molecule is Cn1c(=N)n(CC(F)F)c2cc(NC(=O)c3cc(F)cc(C(F)(F)F)c3)c3c(c21)C(=O)N[C@@H]3c1cc(F)ccc1Cl. The molecule has 0 bridgehead atoms. The number of fused-ring (bicyclic) bond motifs is 3. The van der Waals surface area contributed by atoms with Crippen molar-refractivity contribution in [2.45, 2.75) is 25.2 Å². The zero-order valence-electron chi connectivity index (χ0n) is 20.6. The molecule has 5 rings (SSSR count). The third kappa shape index (κ3) is 4.92. The Balaban J connectivity index is 1.77. The van der Waals surface area contributed by atoms with Crippen LogP contribution < -0.4 is 16.3 Å². The van der Waals surface area contributed by atoms with Crippen LogP contribution in [0.1, 0.15) is 43.4 Å². The van der Waals surface area contributed by atoms with Crippen LogP contribution in [-0.2, 0) is 19.8 Å². The maximum atomic E-state index is 14.2. The number of aromatic nitrogens is 2. The van der Waals surface area contributed by atoms with Gasteiger partial charge in [0.25, 0.3) is 18.2 Å². The Bertz CT molecular complexity index is 1810. The average Bonchev–Trinajstić information content (AvgIpc) is 3.34. The molecule has 0 spiro atoms. The molecule has 1 aliphatic rings. The van der Waals surface area contributed by atoms with Crippen LogP contribution in [0.15, 0.2) is 42.5 Å². The Hall–Kier alpha value is -4.33. The molecule has 0 saturated carbocycles. The monoisotopic (exact) mass is 599 g/mol. The number of alkyl halides is 5. The van der Waals surface area contributed by atoms with E-state index in [1.54, 1.807) is 0 Å². The highest BCUT2D eigenvalue weighted by molar-refractivity contribution is 6.31. The molecule has 1 aromatic heterocycles. The van der Waals surface area contributed by atoms with Gasteiger partial charge in [-0.1, -0.05) is 11.6 Å². The highest BCUT2D eigenvalue weighted by atomic mass is 35.5. The Morgan fingerprint density at radius 2 is 1.83 bits per heavy atom. The zero-order chi connectivity index (χ0) is 30.0. The van der Waals surface area contributed by atoms with E-state index >= 15 is 0 Å². The molecular formula is C26H17ClF7N5O2. The molecule has 0 radical (unpaired) electrons. The summed E-state index contributed by atoms with van der Waals surface area (Å²) in [6.07, 6.45) is -7.89. The van der Waals surface area contributed by atoms with Gasteiger partial charge >= 0.3 is 6.18 Å². The normalized spacial score (nSPS) is 15.0. The van der Waals surface area contributed by atoms with E-state index in [1.165, 1.54) is 17.7 Å². The van der Waals surface area contributed by atoms with Crippen molar-refractivity contribution in [3.63, 3.8) is 0 Å². The Kier molecular flexibility index (Phi) is 6.84. The summed E-state index contributed by atoms with van der Waals surface area (Å²) in [5.41, 5.74) is -3.00. The Labute approximate surface area is 230 Å². The number of halogens is 8. The predicted octanol–water partition coefficient (Wildman–Crippen LogP) is 5.76. The summed E-state index contributed by atoms with van der Waals surface area (Å²) >= 11 is 6.28. The average molecular weight is 600 g/mol. The van der Waals surface area contributed by atoms with Gasteiger partial charge in [-0.15, -0.1) is 0 Å². The zero-order valence-corrected chi connectivity index (χ0v) is 21.4. The molecule has 1 aliphatic heterocycles. The fraction of sp³-hybridized carbons (Fsp3) is 0.192. The lowest BCUT2D eigenvalue weighted by molar-refractivity contribution is -0.137. The summed E-state index contributed by atoms with van der Waals surface area (Å²) < 4.78 is 96.9. The van der Waals surface area contributed by atoms with Gasteiger partial charge in [-0.2, -0.15) is 13.2 Å². The van der Waals surface area contributed by atoms with Gasteiger partial charge in [-0.3, -0.25) is 15.0 Å². The number of amides is 2. The minimum atomic E-state index is -4.97. The fourth-order valence-corrected chi connectivity index (χ4v) is 5.13. The molecular weight excluding hydrogens is 583 g/mol. The molecule has 1 atom stereocenters. The topological polar surface area (TPSA) is 91.9 Å². The lowest BCUT2D eigenvalue weighted by Gasteiger charge is -2.19. The van der Waals surface area contributed by atoms with Gasteiger partial charge in [0.05, 0.1) is 34.7 Å². The number of rotatable bonds is 5. The second-order valence-corrected chi connectivity index (χ2v) is 9.62. The number of nitrogens with zero attached hydrogens (tertiary/aromatic N) is 2. The van der Waals surface area contributed by atoms with Crippen LogP contribution >= 0.6 is 11.6 Å². The van der Waals surface area contributed by atoms with Gasteiger partial charge in [0, 0.05) is 34.4 Å². The molecule has 0 saturated heterocycles. The number of carbonyl (C=O) groups excluding carboxylic acids is 2. The van der Waals surface area contributed by atoms with Gasteiger partial charge in [0.15, 0.2) is 0 Å². The van der Waals surface area contributed by atoms with Gasteiger partial charge in [-0.05, 0) is 42.5 Å². The van der Waals surface area contributed by atoms with E-state index in [4.69, 9.17) is 17.0 Å². The number of carbonyl (C=O) groups is 2. The van der Waals surface area contributed by atoms with Crippen LogP contribution in [-0.4, -0.2) is 27.4 Å². The van der Waals surface area contributed by atoms with E-state index < -0.39 is 65.4 Å². The quantitative estimate of drug-likeness (QED) is 0.255. The van der Waals surface area contributed by atoms with Gasteiger partial charge in [0.2, 0.25) is 5.62 Å². The first-order valence-electron chi connectivity index (χ1n) is 11.7. The van der Waals surface area contributed by atoms with Crippen molar-refractivity contribution in [2.24, 2.45) is 7.05 Å². The number of nitrogens with one attached hydrogen (secondary N) is 3. The second kappa shape index (κ2) is 9.94. The van der Waals surface area contributed by atoms with Crippen LogP contribution in [0.4, 0.5) is 36.4 Å². The van der Waals surface area contributed by atoms with Crippen LogP contribution in [0.2, 0.25) is 5.02 Å². The number of benzene rings is 3. The number of hydrogen-bond acceptors (Lipinski definition) is 3. The third-order valence-corrected chi connectivity index (χ3v) is 6.98. The number of anilines is 1. The predicted molar refractivity (Wildman–Crippen MR) is 133 cm³/mol. The lowest BCUT2D eigenvalue weighted by atomic mass is 9.95. The van der Waals surface area contributed by atoms with Crippen LogP contribution in [0.25, 0.3) is 11.0 Å². The molecule has 0 fully saturated rings. The largest absolute Gasteiger partial charge is 0.416 e. The van der Waals surface area contributed by atoms with Gasteiger partial charge in [-0.25, -0.2) is 17.6 Å². The number of imidazole rings is 1. The van der Waals surface area contributed by atoms with Crippen molar-refractivity contribution >= 4 is 40.1 Å². The van der Waals surface area contributed by atoms with E-state index in [0.29, 0.717) is 12.1 Å². The van der Waals surface area contributed by atoms with Crippen molar-refractivity contribution in [3.05, 3.63) is 92.6 Å².